The lowest BCUT2D eigenvalue weighted by Gasteiger charge is -2.39. The Hall–Kier alpha value is -3.00. The van der Waals surface area contributed by atoms with Crippen molar-refractivity contribution in [1.29, 1.82) is 0 Å². The van der Waals surface area contributed by atoms with Crippen molar-refractivity contribution < 1.29 is 24.0 Å². The zero-order valence-electron chi connectivity index (χ0n) is 19.0. The number of Topliss-reactive ketones (excluding diaryl/α,β-unsaturated/α-hetero) is 1. The average molecular weight is 443 g/mol. The Morgan fingerprint density at radius 2 is 2.00 bits per heavy atom. The molecule has 0 bridgehead atoms. The fourth-order valence-electron chi connectivity index (χ4n) is 4.38. The number of nitro groups is 1. The number of nitrogens with one attached hydrogen (secondary N) is 1. The van der Waals surface area contributed by atoms with E-state index in [9.17, 15) is 19.7 Å². The summed E-state index contributed by atoms with van der Waals surface area (Å²) in [4.78, 5) is 37.2. The first kappa shape index (κ1) is 23.7. The minimum absolute atomic E-state index is 0.0654. The molecule has 1 aromatic rings. The summed E-state index contributed by atoms with van der Waals surface area (Å²) in [7, 11) is 0. The molecule has 1 aromatic carbocycles. The van der Waals surface area contributed by atoms with Gasteiger partial charge >= 0.3 is 5.97 Å². The maximum absolute atomic E-state index is 13.2. The van der Waals surface area contributed by atoms with Crippen molar-refractivity contribution in [2.24, 2.45) is 5.41 Å². The predicted molar refractivity (Wildman–Crippen MR) is 119 cm³/mol. The first-order valence-corrected chi connectivity index (χ1v) is 10.9. The molecule has 0 unspecified atom stereocenters. The highest BCUT2D eigenvalue weighted by Crippen LogP contribution is 2.47. The van der Waals surface area contributed by atoms with Gasteiger partial charge in [-0.15, -0.1) is 0 Å². The highest BCUT2D eigenvalue weighted by atomic mass is 16.6. The lowest BCUT2D eigenvalue weighted by molar-refractivity contribution is -0.384. The van der Waals surface area contributed by atoms with Crippen LogP contribution in [0.3, 0.4) is 0 Å². The molecule has 172 valence electrons. The predicted octanol–water partition coefficient (Wildman–Crippen LogP) is 4.17. The molecule has 8 nitrogen and oxygen atoms in total. The zero-order valence-corrected chi connectivity index (χ0v) is 19.0. The van der Waals surface area contributed by atoms with Gasteiger partial charge in [0.25, 0.3) is 5.69 Å². The van der Waals surface area contributed by atoms with Crippen molar-refractivity contribution in [2.75, 3.05) is 19.8 Å². The van der Waals surface area contributed by atoms with Crippen LogP contribution < -0.4 is 5.32 Å². The number of esters is 1. The van der Waals surface area contributed by atoms with Crippen LogP contribution in [0.15, 0.2) is 46.8 Å². The molecule has 0 spiro atoms. The Labute approximate surface area is 187 Å². The average Bonchev–Trinajstić information content (AvgIpc) is 2.71. The third-order valence-corrected chi connectivity index (χ3v) is 5.68. The third kappa shape index (κ3) is 5.07. The van der Waals surface area contributed by atoms with Crippen molar-refractivity contribution in [3.63, 3.8) is 0 Å². The van der Waals surface area contributed by atoms with Crippen LogP contribution in [0.4, 0.5) is 5.69 Å². The molecular weight excluding hydrogens is 412 g/mol. The van der Waals surface area contributed by atoms with Crippen LogP contribution in [0.25, 0.3) is 0 Å². The van der Waals surface area contributed by atoms with Crippen LogP contribution in [-0.2, 0) is 19.1 Å². The minimum atomic E-state index is -0.723. The van der Waals surface area contributed by atoms with E-state index < -0.39 is 16.8 Å². The molecule has 1 aliphatic carbocycles. The number of carbonyl (C=O) groups excluding carboxylic acids is 2. The van der Waals surface area contributed by atoms with Crippen LogP contribution in [0.5, 0.6) is 0 Å². The lowest BCUT2D eigenvalue weighted by atomic mass is 9.68. The third-order valence-electron chi connectivity index (χ3n) is 5.68. The largest absolute Gasteiger partial charge is 0.460 e. The number of benzene rings is 1. The van der Waals surface area contributed by atoms with E-state index >= 15 is 0 Å². The van der Waals surface area contributed by atoms with Crippen molar-refractivity contribution in [3.8, 4) is 0 Å². The van der Waals surface area contributed by atoms with Gasteiger partial charge < -0.3 is 14.8 Å². The van der Waals surface area contributed by atoms with Gasteiger partial charge in [-0.25, -0.2) is 4.79 Å². The molecule has 1 aliphatic heterocycles. The summed E-state index contributed by atoms with van der Waals surface area (Å²) in [5.74, 6) is -1.35. The van der Waals surface area contributed by atoms with E-state index in [2.05, 4.69) is 5.32 Å². The summed E-state index contributed by atoms with van der Waals surface area (Å²) in [6.45, 7) is 8.76. The number of nitro benzene ring substituents is 1. The van der Waals surface area contributed by atoms with Gasteiger partial charge in [0.05, 0.1) is 17.1 Å². The van der Waals surface area contributed by atoms with Gasteiger partial charge in [-0.1, -0.05) is 32.9 Å². The Morgan fingerprint density at radius 3 is 2.69 bits per heavy atom. The van der Waals surface area contributed by atoms with Crippen molar-refractivity contribution in [2.45, 2.75) is 52.9 Å². The van der Waals surface area contributed by atoms with Crippen molar-refractivity contribution >= 4 is 17.4 Å². The van der Waals surface area contributed by atoms with Crippen molar-refractivity contribution in [1.82, 2.24) is 5.32 Å². The number of carbonyl (C=O) groups is 2. The lowest BCUT2D eigenvalue weighted by Crippen LogP contribution is -2.38. The summed E-state index contributed by atoms with van der Waals surface area (Å²) in [5.41, 5.74) is 2.36. The molecular formula is C24H30N2O6. The van der Waals surface area contributed by atoms with Crippen LogP contribution in [-0.4, -0.2) is 36.5 Å². The summed E-state index contributed by atoms with van der Waals surface area (Å²) < 4.78 is 10.8. The molecule has 0 radical (unpaired) electrons. The first-order chi connectivity index (χ1) is 15.1. The number of ether oxygens (including phenoxy) is 2. The summed E-state index contributed by atoms with van der Waals surface area (Å²) >= 11 is 0. The molecule has 0 saturated carbocycles. The highest BCUT2D eigenvalue weighted by Gasteiger charge is 2.43. The quantitative estimate of drug-likeness (QED) is 0.279. The van der Waals surface area contributed by atoms with Crippen LogP contribution in [0.2, 0.25) is 0 Å². The van der Waals surface area contributed by atoms with E-state index in [1.807, 2.05) is 20.8 Å². The Balaban J connectivity index is 2.02. The normalized spacial score (nSPS) is 20.0. The fourth-order valence-corrected chi connectivity index (χ4v) is 4.38. The Kier molecular flexibility index (Phi) is 7.13. The second kappa shape index (κ2) is 9.65. The van der Waals surface area contributed by atoms with E-state index in [0.29, 0.717) is 41.9 Å². The van der Waals surface area contributed by atoms with Crippen LogP contribution in [0.1, 0.15) is 58.4 Å². The van der Waals surface area contributed by atoms with E-state index in [0.717, 1.165) is 12.1 Å². The number of rotatable bonds is 8. The van der Waals surface area contributed by atoms with E-state index in [-0.39, 0.29) is 30.1 Å². The second-order valence-corrected chi connectivity index (χ2v) is 9.03. The maximum atomic E-state index is 13.2. The minimum Gasteiger partial charge on any atom is -0.460 e. The molecule has 8 heteroatoms. The summed E-state index contributed by atoms with van der Waals surface area (Å²) in [6.07, 6.45) is 1.85. The molecule has 0 saturated heterocycles. The number of hydrogen-bond acceptors (Lipinski definition) is 7. The SMILES string of the molecule is CCCOCCOC(=O)C1=C(C)NC2=C(C(=O)CC(C)(C)C2)[C@H]1c1cccc([N+](=O)[O-])c1. The molecule has 32 heavy (non-hydrogen) atoms. The zero-order chi connectivity index (χ0) is 23.5. The molecule has 1 N–H and O–H groups in total. The second-order valence-electron chi connectivity index (χ2n) is 9.03. The van der Waals surface area contributed by atoms with Crippen LogP contribution in [0, 0.1) is 15.5 Å². The van der Waals surface area contributed by atoms with Gasteiger partial charge in [-0.05, 0) is 30.7 Å². The fraction of sp³-hybridized carbons (Fsp3) is 0.500. The molecule has 1 heterocycles. The molecule has 0 fully saturated rings. The Bertz CT molecular complexity index is 992. The topological polar surface area (TPSA) is 108 Å². The van der Waals surface area contributed by atoms with E-state index in [1.54, 1.807) is 19.1 Å². The number of dihydropyridines is 1. The molecule has 3 rings (SSSR count). The van der Waals surface area contributed by atoms with E-state index in [4.69, 9.17) is 9.47 Å². The molecule has 1 atom stereocenters. The smallest absolute Gasteiger partial charge is 0.336 e. The Morgan fingerprint density at radius 1 is 1.25 bits per heavy atom. The monoisotopic (exact) mass is 442 g/mol. The van der Waals surface area contributed by atoms with Gasteiger partial charge in [0.2, 0.25) is 0 Å². The number of non-ortho nitro benzene ring substituents is 1. The standard InChI is InChI=1S/C24H30N2O6/c1-5-9-31-10-11-32-23(28)20-15(2)25-18-13-24(3,4)14-19(27)22(18)21(20)16-7-6-8-17(12-16)26(29)30/h6-8,12,21,25H,5,9-11,13-14H2,1-4H3/t21-/m0/s1. The first-order valence-electron chi connectivity index (χ1n) is 10.9. The van der Waals surface area contributed by atoms with Gasteiger partial charge in [0.15, 0.2) is 5.78 Å². The number of ketones is 1. The number of hydrogen-bond donors (Lipinski definition) is 1. The van der Waals surface area contributed by atoms with Crippen molar-refractivity contribution in [3.05, 3.63) is 62.5 Å². The summed E-state index contributed by atoms with van der Waals surface area (Å²) in [6, 6.07) is 6.11. The van der Waals surface area contributed by atoms with Gasteiger partial charge in [-0.3, -0.25) is 14.9 Å². The van der Waals surface area contributed by atoms with Gasteiger partial charge in [0, 0.05) is 48.0 Å². The van der Waals surface area contributed by atoms with Gasteiger partial charge in [0.1, 0.15) is 6.61 Å². The highest BCUT2D eigenvalue weighted by molar-refractivity contribution is 6.04. The molecule has 2 aliphatic rings. The summed E-state index contributed by atoms with van der Waals surface area (Å²) in [5, 5.41) is 14.6. The number of allylic oxidation sites excluding steroid dienone is 3. The number of nitrogens with zero attached hydrogens (tertiary/aromatic N) is 1. The molecule has 0 aromatic heterocycles. The van der Waals surface area contributed by atoms with Crippen LogP contribution >= 0.6 is 0 Å². The maximum Gasteiger partial charge on any atom is 0.336 e. The van der Waals surface area contributed by atoms with Gasteiger partial charge in [-0.2, -0.15) is 0 Å². The van der Waals surface area contributed by atoms with E-state index in [1.165, 1.54) is 12.1 Å². The molecule has 0 amide bonds.